The van der Waals surface area contributed by atoms with Gasteiger partial charge in [-0.25, -0.2) is 0 Å². The first-order chi connectivity index (χ1) is 10.3. The topological polar surface area (TPSA) is 55.2 Å². The normalized spacial score (nSPS) is 10.6. The number of carbonyl (C=O) groups is 2. The molecular weight excluding hydrogens is 302 g/mol. The van der Waals surface area contributed by atoms with Gasteiger partial charge in [0, 0.05) is 31.4 Å². The maximum atomic E-state index is 12.4. The predicted molar refractivity (Wildman–Crippen MR) is 84.9 cm³/mol. The summed E-state index contributed by atoms with van der Waals surface area (Å²) in [6.45, 7) is 3.78. The van der Waals surface area contributed by atoms with Gasteiger partial charge in [0.2, 0.25) is 0 Å². The fourth-order valence-electron chi connectivity index (χ4n) is 2.34. The van der Waals surface area contributed by atoms with Crippen LogP contribution in [0.2, 0.25) is 5.02 Å². The number of aromatic nitrogens is 2. The number of aryl methyl sites for hydroxylation is 2. The number of carbonyl (C=O) groups excluding carboxylic acids is 2. The first-order valence-electron chi connectivity index (χ1n) is 6.86. The zero-order valence-corrected chi connectivity index (χ0v) is 13.8. The van der Waals surface area contributed by atoms with E-state index in [2.05, 4.69) is 5.10 Å². The number of Topliss-reactive ketones (excluding diaryl/α,β-unsaturated/α-hetero) is 1. The van der Waals surface area contributed by atoms with Gasteiger partial charge < -0.3 is 4.90 Å². The average Bonchev–Trinajstić information content (AvgIpc) is 2.73. The van der Waals surface area contributed by atoms with Crippen LogP contribution in [0.1, 0.15) is 27.3 Å². The highest BCUT2D eigenvalue weighted by atomic mass is 35.5. The van der Waals surface area contributed by atoms with E-state index < -0.39 is 11.7 Å². The number of likely N-dealkylation sites (N-methyl/N-ethyl adjacent to an activating group) is 1. The van der Waals surface area contributed by atoms with Gasteiger partial charge in [0.15, 0.2) is 0 Å². The molecule has 0 aliphatic heterocycles. The average molecular weight is 320 g/mol. The summed E-state index contributed by atoms with van der Waals surface area (Å²) in [7, 11) is 3.33. The number of rotatable bonds is 4. The number of amides is 1. The van der Waals surface area contributed by atoms with Gasteiger partial charge in [0.25, 0.3) is 11.7 Å². The van der Waals surface area contributed by atoms with Crippen LogP contribution >= 0.6 is 11.6 Å². The molecule has 0 saturated heterocycles. The maximum Gasteiger partial charge on any atom is 0.295 e. The second kappa shape index (κ2) is 6.32. The van der Waals surface area contributed by atoms with Crippen molar-refractivity contribution < 1.29 is 9.59 Å². The first-order valence-corrected chi connectivity index (χ1v) is 7.24. The smallest absolute Gasteiger partial charge is 0.295 e. The fourth-order valence-corrected chi connectivity index (χ4v) is 2.53. The molecule has 22 heavy (non-hydrogen) atoms. The van der Waals surface area contributed by atoms with Crippen LogP contribution in [0.3, 0.4) is 0 Å². The molecule has 0 aliphatic carbocycles. The summed E-state index contributed by atoms with van der Waals surface area (Å²) in [4.78, 5) is 26.2. The monoisotopic (exact) mass is 319 g/mol. The molecule has 1 aromatic carbocycles. The van der Waals surface area contributed by atoms with Crippen molar-refractivity contribution in [1.82, 2.24) is 14.7 Å². The second-order valence-electron chi connectivity index (χ2n) is 5.25. The summed E-state index contributed by atoms with van der Waals surface area (Å²) >= 11 is 6.09. The Morgan fingerprint density at radius 1 is 1.27 bits per heavy atom. The highest BCUT2D eigenvalue weighted by Crippen LogP contribution is 2.18. The molecule has 6 heteroatoms. The molecule has 0 N–H and O–H groups in total. The highest BCUT2D eigenvalue weighted by molar-refractivity contribution is 6.43. The van der Waals surface area contributed by atoms with Crippen molar-refractivity contribution in [3.05, 3.63) is 51.8 Å². The third-order valence-electron chi connectivity index (χ3n) is 3.64. The molecule has 0 radical (unpaired) electrons. The molecule has 116 valence electrons. The van der Waals surface area contributed by atoms with Crippen LogP contribution in [0.4, 0.5) is 0 Å². The lowest BCUT2D eigenvalue weighted by atomic mass is 10.1. The van der Waals surface area contributed by atoms with E-state index in [4.69, 9.17) is 11.6 Å². The van der Waals surface area contributed by atoms with Crippen molar-refractivity contribution in [2.24, 2.45) is 7.05 Å². The summed E-state index contributed by atoms with van der Waals surface area (Å²) in [5.41, 5.74) is 2.41. The van der Waals surface area contributed by atoms with Crippen LogP contribution in [-0.2, 0) is 18.4 Å². The van der Waals surface area contributed by atoms with Gasteiger partial charge in [0.1, 0.15) is 0 Å². The molecule has 2 rings (SSSR count). The third kappa shape index (κ3) is 3.04. The van der Waals surface area contributed by atoms with Crippen molar-refractivity contribution >= 4 is 23.3 Å². The quantitative estimate of drug-likeness (QED) is 0.643. The molecule has 0 atom stereocenters. The molecule has 1 amide bonds. The zero-order chi connectivity index (χ0) is 16.4. The van der Waals surface area contributed by atoms with Crippen LogP contribution in [0.25, 0.3) is 0 Å². The minimum atomic E-state index is -0.570. The zero-order valence-electron chi connectivity index (χ0n) is 13.1. The number of hydrogen-bond acceptors (Lipinski definition) is 3. The van der Waals surface area contributed by atoms with Crippen LogP contribution in [-0.4, -0.2) is 33.4 Å². The maximum absolute atomic E-state index is 12.4. The number of hydrogen-bond donors (Lipinski definition) is 0. The third-order valence-corrected chi connectivity index (χ3v) is 4.01. The van der Waals surface area contributed by atoms with Gasteiger partial charge in [-0.3, -0.25) is 14.3 Å². The van der Waals surface area contributed by atoms with Gasteiger partial charge in [-0.1, -0.05) is 29.8 Å². The molecule has 5 nitrogen and oxygen atoms in total. The highest BCUT2D eigenvalue weighted by Gasteiger charge is 2.26. The van der Waals surface area contributed by atoms with Gasteiger partial charge >= 0.3 is 0 Å². The predicted octanol–water partition coefficient (Wildman–Crippen LogP) is 2.53. The van der Waals surface area contributed by atoms with Crippen LogP contribution in [0.15, 0.2) is 24.3 Å². The van der Waals surface area contributed by atoms with Gasteiger partial charge in [-0.05, 0) is 25.5 Å². The molecule has 0 spiro atoms. The Bertz CT molecular complexity index is 737. The lowest BCUT2D eigenvalue weighted by Crippen LogP contribution is -2.33. The number of benzene rings is 1. The Balaban J connectivity index is 2.20. The van der Waals surface area contributed by atoms with E-state index in [1.165, 1.54) is 4.90 Å². The molecule has 1 heterocycles. The van der Waals surface area contributed by atoms with E-state index in [0.717, 1.165) is 5.56 Å². The standard InChI is InChI=1S/C16H18ClN3O2/c1-10-14(11(2)20(4)18-10)15(21)16(22)19(3)9-12-7-5-6-8-13(12)17/h5-8H,9H2,1-4H3. The largest absolute Gasteiger partial charge is 0.334 e. The number of halogens is 1. The Morgan fingerprint density at radius 2 is 1.91 bits per heavy atom. The first kappa shape index (κ1) is 16.2. The Morgan fingerprint density at radius 3 is 2.45 bits per heavy atom. The molecular formula is C16H18ClN3O2. The van der Waals surface area contributed by atoms with E-state index in [1.807, 2.05) is 18.2 Å². The Hall–Kier alpha value is -2.14. The Kier molecular flexibility index (Phi) is 4.66. The second-order valence-corrected chi connectivity index (χ2v) is 5.66. The van der Waals surface area contributed by atoms with Crippen LogP contribution in [0.5, 0.6) is 0 Å². The van der Waals surface area contributed by atoms with E-state index >= 15 is 0 Å². The molecule has 2 aromatic rings. The number of ketones is 1. The Labute approximate surface area is 134 Å². The van der Waals surface area contributed by atoms with Crippen molar-refractivity contribution in [2.45, 2.75) is 20.4 Å². The lowest BCUT2D eigenvalue weighted by molar-refractivity contribution is -0.125. The summed E-state index contributed by atoms with van der Waals surface area (Å²) in [5, 5.41) is 4.75. The molecule has 0 unspecified atom stereocenters. The molecule has 0 aliphatic rings. The van der Waals surface area contributed by atoms with Gasteiger partial charge in [-0.15, -0.1) is 0 Å². The fraction of sp³-hybridized carbons (Fsp3) is 0.312. The number of nitrogens with zero attached hydrogens (tertiary/aromatic N) is 3. The van der Waals surface area contributed by atoms with Crippen molar-refractivity contribution in [2.75, 3.05) is 7.05 Å². The van der Waals surface area contributed by atoms with Crippen molar-refractivity contribution in [3.63, 3.8) is 0 Å². The van der Waals surface area contributed by atoms with Crippen LogP contribution in [0, 0.1) is 13.8 Å². The van der Waals surface area contributed by atoms with Crippen molar-refractivity contribution in [1.29, 1.82) is 0 Å². The van der Waals surface area contributed by atoms with Crippen LogP contribution < -0.4 is 0 Å². The molecule has 0 fully saturated rings. The lowest BCUT2D eigenvalue weighted by Gasteiger charge is -2.17. The van der Waals surface area contributed by atoms with E-state index in [1.54, 1.807) is 38.7 Å². The summed E-state index contributed by atoms with van der Waals surface area (Å²) in [6, 6.07) is 7.25. The minimum absolute atomic E-state index is 0.280. The molecule has 0 bridgehead atoms. The SMILES string of the molecule is Cc1nn(C)c(C)c1C(=O)C(=O)N(C)Cc1ccccc1Cl. The minimum Gasteiger partial charge on any atom is -0.334 e. The summed E-state index contributed by atoms with van der Waals surface area (Å²) in [6.07, 6.45) is 0. The van der Waals surface area contributed by atoms with Crippen molar-refractivity contribution in [3.8, 4) is 0 Å². The van der Waals surface area contributed by atoms with E-state index in [-0.39, 0.29) is 6.54 Å². The summed E-state index contributed by atoms with van der Waals surface area (Å²) in [5.74, 6) is -1.11. The van der Waals surface area contributed by atoms with E-state index in [0.29, 0.717) is 22.0 Å². The van der Waals surface area contributed by atoms with Gasteiger partial charge in [-0.2, -0.15) is 5.10 Å². The molecule has 0 saturated carbocycles. The summed E-state index contributed by atoms with van der Waals surface area (Å²) < 4.78 is 1.60. The van der Waals surface area contributed by atoms with Gasteiger partial charge in [0.05, 0.1) is 11.3 Å². The molecule has 1 aromatic heterocycles. The van der Waals surface area contributed by atoms with E-state index in [9.17, 15) is 9.59 Å².